The molecule has 0 spiro atoms. The van der Waals surface area contributed by atoms with Crippen LogP contribution in [0.1, 0.15) is 16.7 Å². The van der Waals surface area contributed by atoms with Gasteiger partial charge in [-0.1, -0.05) is 71.3 Å². The number of nitrogens with zero attached hydrogens (tertiary/aromatic N) is 3. The van der Waals surface area contributed by atoms with Crippen molar-refractivity contribution in [3.63, 3.8) is 0 Å². The topological polar surface area (TPSA) is 58.7 Å². The number of aryl methyl sites for hydroxylation is 2. The summed E-state index contributed by atoms with van der Waals surface area (Å²) in [6.45, 7) is 4.03. The van der Waals surface area contributed by atoms with Crippen LogP contribution in [-0.4, -0.2) is 10.8 Å². The first kappa shape index (κ1) is 23.5. The Bertz CT molecular complexity index is 1340. The Morgan fingerprint density at radius 1 is 0.853 bits per heavy atom. The van der Waals surface area contributed by atoms with Gasteiger partial charge in [0.15, 0.2) is 5.84 Å². The zero-order valence-electron chi connectivity index (χ0n) is 18.7. The van der Waals surface area contributed by atoms with Crippen molar-refractivity contribution in [1.29, 1.82) is 0 Å². The Labute approximate surface area is 208 Å². The standard InChI is InChI=1S/C27H22ClN3O2S/c1-19-11-15-21(16-12-19)29-27(23-7-3-4-8-24(23)28)30(22-17-13-20(2)14-18-22)34-26-10-6-5-9-25(26)31(32)33/h3-18H,1-2H3. The molecule has 0 unspecified atom stereocenters. The summed E-state index contributed by atoms with van der Waals surface area (Å²) in [5.41, 5.74) is 4.55. The van der Waals surface area contributed by atoms with Crippen LogP contribution in [0.2, 0.25) is 5.02 Å². The smallest absolute Gasteiger partial charge is 0.263 e. The van der Waals surface area contributed by atoms with E-state index in [9.17, 15) is 10.1 Å². The Hall–Kier alpha value is -3.61. The fourth-order valence-corrected chi connectivity index (χ4v) is 4.53. The van der Waals surface area contributed by atoms with E-state index in [0.717, 1.165) is 28.1 Å². The minimum absolute atomic E-state index is 0.0263. The van der Waals surface area contributed by atoms with Crippen LogP contribution in [-0.2, 0) is 0 Å². The SMILES string of the molecule is Cc1ccc(N=C(c2ccccc2Cl)N(Sc2ccccc2[N+](=O)[O-])c2ccc(C)cc2)cc1. The van der Waals surface area contributed by atoms with Gasteiger partial charge >= 0.3 is 0 Å². The minimum Gasteiger partial charge on any atom is -0.263 e. The molecule has 0 atom stereocenters. The number of hydrogen-bond donors (Lipinski definition) is 0. The maximum Gasteiger partial charge on any atom is 0.284 e. The van der Waals surface area contributed by atoms with Gasteiger partial charge < -0.3 is 0 Å². The maximum absolute atomic E-state index is 11.7. The van der Waals surface area contributed by atoms with Gasteiger partial charge in [0.2, 0.25) is 0 Å². The molecule has 0 N–H and O–H groups in total. The highest BCUT2D eigenvalue weighted by Crippen LogP contribution is 2.37. The zero-order chi connectivity index (χ0) is 24.1. The molecule has 0 saturated heterocycles. The fraction of sp³-hybridized carbons (Fsp3) is 0.0741. The van der Waals surface area contributed by atoms with Crippen LogP contribution in [0.5, 0.6) is 0 Å². The lowest BCUT2D eigenvalue weighted by Gasteiger charge is -2.26. The predicted octanol–water partition coefficient (Wildman–Crippen LogP) is 8.16. The third kappa shape index (κ3) is 5.47. The highest BCUT2D eigenvalue weighted by atomic mass is 35.5. The van der Waals surface area contributed by atoms with Gasteiger partial charge in [-0.05, 0) is 56.3 Å². The lowest BCUT2D eigenvalue weighted by Crippen LogP contribution is -2.25. The van der Waals surface area contributed by atoms with E-state index in [1.165, 1.54) is 18.0 Å². The van der Waals surface area contributed by atoms with Crippen molar-refractivity contribution in [3.05, 3.63) is 129 Å². The van der Waals surface area contributed by atoms with Crippen LogP contribution in [0.15, 0.2) is 107 Å². The van der Waals surface area contributed by atoms with Crippen LogP contribution in [0.3, 0.4) is 0 Å². The Morgan fingerprint density at radius 2 is 1.44 bits per heavy atom. The fourth-order valence-electron chi connectivity index (χ4n) is 3.28. The average molecular weight is 488 g/mol. The van der Waals surface area contributed by atoms with Gasteiger partial charge in [-0.15, -0.1) is 0 Å². The number of nitro benzene ring substituents is 1. The summed E-state index contributed by atoms with van der Waals surface area (Å²) in [4.78, 5) is 16.8. The van der Waals surface area contributed by atoms with Crippen molar-refractivity contribution in [1.82, 2.24) is 0 Å². The first-order valence-corrected chi connectivity index (χ1v) is 11.8. The summed E-state index contributed by atoms with van der Waals surface area (Å²) in [5, 5.41) is 12.3. The van der Waals surface area contributed by atoms with Gasteiger partial charge in [0.25, 0.3) is 5.69 Å². The second kappa shape index (κ2) is 10.5. The Kier molecular flexibility index (Phi) is 7.30. The van der Waals surface area contributed by atoms with E-state index in [4.69, 9.17) is 16.6 Å². The number of para-hydroxylation sites is 1. The van der Waals surface area contributed by atoms with Crippen molar-refractivity contribution in [2.75, 3.05) is 4.31 Å². The molecule has 7 heteroatoms. The van der Waals surface area contributed by atoms with Gasteiger partial charge in [0.1, 0.15) is 4.90 Å². The molecule has 0 fully saturated rings. The molecular formula is C27H22ClN3O2S. The molecule has 0 aromatic heterocycles. The van der Waals surface area contributed by atoms with Gasteiger partial charge in [0.05, 0.1) is 21.3 Å². The molecule has 0 radical (unpaired) electrons. The van der Waals surface area contributed by atoms with E-state index in [2.05, 4.69) is 0 Å². The highest BCUT2D eigenvalue weighted by molar-refractivity contribution is 8.01. The maximum atomic E-state index is 11.7. The van der Waals surface area contributed by atoms with E-state index in [1.807, 2.05) is 90.9 Å². The lowest BCUT2D eigenvalue weighted by atomic mass is 10.1. The van der Waals surface area contributed by atoms with E-state index in [1.54, 1.807) is 18.2 Å². The van der Waals surface area contributed by atoms with Gasteiger partial charge in [0, 0.05) is 23.6 Å². The van der Waals surface area contributed by atoms with Crippen molar-refractivity contribution in [3.8, 4) is 0 Å². The number of aliphatic imine (C=N–C) groups is 1. The summed E-state index contributed by atoms with van der Waals surface area (Å²) >= 11 is 7.87. The van der Waals surface area contributed by atoms with Crippen LogP contribution in [0.25, 0.3) is 0 Å². The first-order valence-electron chi connectivity index (χ1n) is 10.6. The lowest BCUT2D eigenvalue weighted by molar-refractivity contribution is -0.387. The van der Waals surface area contributed by atoms with Crippen molar-refractivity contribution >= 4 is 46.4 Å². The molecule has 4 aromatic rings. The van der Waals surface area contributed by atoms with E-state index in [0.29, 0.717) is 15.8 Å². The molecule has 170 valence electrons. The Balaban J connectivity index is 1.93. The van der Waals surface area contributed by atoms with Crippen LogP contribution >= 0.6 is 23.5 Å². The number of amidine groups is 1. The van der Waals surface area contributed by atoms with Gasteiger partial charge in [-0.2, -0.15) is 0 Å². The number of hydrogen-bond acceptors (Lipinski definition) is 4. The molecule has 34 heavy (non-hydrogen) atoms. The second-order valence-corrected chi connectivity index (χ2v) is 9.09. The van der Waals surface area contributed by atoms with E-state index >= 15 is 0 Å². The molecular weight excluding hydrogens is 466 g/mol. The van der Waals surface area contributed by atoms with Crippen LogP contribution in [0, 0.1) is 24.0 Å². The molecule has 0 bridgehead atoms. The summed E-state index contributed by atoms with van der Waals surface area (Å²) in [5.74, 6) is 0.571. The molecule has 0 saturated carbocycles. The van der Waals surface area contributed by atoms with Crippen molar-refractivity contribution in [2.24, 2.45) is 4.99 Å². The molecule has 0 aliphatic heterocycles. The largest absolute Gasteiger partial charge is 0.284 e. The normalized spacial score (nSPS) is 11.3. The average Bonchev–Trinajstić information content (AvgIpc) is 2.84. The number of anilines is 1. The zero-order valence-corrected chi connectivity index (χ0v) is 20.3. The van der Waals surface area contributed by atoms with E-state index < -0.39 is 0 Å². The molecule has 0 aliphatic carbocycles. The summed E-state index contributed by atoms with van der Waals surface area (Å²) in [6.07, 6.45) is 0. The predicted molar refractivity (Wildman–Crippen MR) is 141 cm³/mol. The minimum atomic E-state index is -0.373. The molecule has 0 aliphatic rings. The number of rotatable bonds is 6. The van der Waals surface area contributed by atoms with Crippen LogP contribution in [0.4, 0.5) is 17.1 Å². The molecule has 5 nitrogen and oxygen atoms in total. The molecule has 4 aromatic carbocycles. The van der Waals surface area contributed by atoms with Crippen molar-refractivity contribution < 1.29 is 4.92 Å². The highest BCUT2D eigenvalue weighted by Gasteiger charge is 2.24. The molecule has 4 rings (SSSR count). The number of halogens is 1. The number of benzene rings is 4. The van der Waals surface area contributed by atoms with E-state index in [-0.39, 0.29) is 10.6 Å². The second-order valence-electron chi connectivity index (χ2n) is 7.70. The number of nitro groups is 1. The molecule has 0 heterocycles. The quantitative estimate of drug-likeness (QED) is 0.0904. The third-order valence-corrected chi connectivity index (χ3v) is 6.53. The Morgan fingerprint density at radius 3 is 2.09 bits per heavy atom. The van der Waals surface area contributed by atoms with Crippen LogP contribution < -0.4 is 4.31 Å². The van der Waals surface area contributed by atoms with Gasteiger partial charge in [-0.25, -0.2) is 4.99 Å². The van der Waals surface area contributed by atoms with Crippen molar-refractivity contribution in [2.45, 2.75) is 18.7 Å². The monoisotopic (exact) mass is 487 g/mol. The van der Waals surface area contributed by atoms with Gasteiger partial charge in [-0.3, -0.25) is 14.4 Å². The first-order chi connectivity index (χ1) is 16.4. The summed E-state index contributed by atoms with van der Waals surface area (Å²) < 4.78 is 1.89. The third-order valence-electron chi connectivity index (χ3n) is 5.10. The summed E-state index contributed by atoms with van der Waals surface area (Å²) in [7, 11) is 0. The summed E-state index contributed by atoms with van der Waals surface area (Å²) in [6, 6.07) is 30.0. The molecule has 0 amide bonds.